The molecule has 0 aliphatic rings. The van der Waals surface area contributed by atoms with Crippen molar-refractivity contribution in [1.82, 2.24) is 4.57 Å². The van der Waals surface area contributed by atoms with Gasteiger partial charge in [-0.2, -0.15) is 0 Å². The number of hydrogen-bond donors (Lipinski definition) is 0. The van der Waals surface area contributed by atoms with Gasteiger partial charge in [0, 0.05) is 44.3 Å². The van der Waals surface area contributed by atoms with Crippen LogP contribution in [0.15, 0.2) is 211 Å². The van der Waals surface area contributed by atoms with Crippen LogP contribution in [0.3, 0.4) is 0 Å². The van der Waals surface area contributed by atoms with Gasteiger partial charge >= 0.3 is 0 Å². The number of para-hydroxylation sites is 3. The van der Waals surface area contributed by atoms with Gasteiger partial charge < -0.3 is 13.9 Å². The SMILES string of the molecule is c1ccc(-c2ccc(N(c3ccccc3)c3cccc(-c4ccc5c(c4)c4c6cc7c(cc6ccc4n5-c4ccccc4)oc4ccccc47)c3)cc2)cc1. The zero-order chi connectivity index (χ0) is 36.3. The predicted molar refractivity (Wildman–Crippen MR) is 231 cm³/mol. The van der Waals surface area contributed by atoms with Crippen LogP contribution in [-0.2, 0) is 0 Å². The van der Waals surface area contributed by atoms with Gasteiger partial charge in [-0.25, -0.2) is 0 Å². The van der Waals surface area contributed by atoms with Gasteiger partial charge in [-0.1, -0.05) is 121 Å². The Hall–Kier alpha value is -7.36. The number of fused-ring (bicyclic) bond motifs is 8. The van der Waals surface area contributed by atoms with Crippen LogP contribution in [0.25, 0.3) is 82.5 Å². The summed E-state index contributed by atoms with van der Waals surface area (Å²) < 4.78 is 8.72. The van der Waals surface area contributed by atoms with Crippen LogP contribution in [0.4, 0.5) is 17.1 Å². The molecular formula is C52H34N2O. The van der Waals surface area contributed by atoms with Crippen LogP contribution in [0, 0.1) is 0 Å². The predicted octanol–water partition coefficient (Wildman–Crippen LogP) is 14.6. The van der Waals surface area contributed by atoms with E-state index in [0.717, 1.165) is 55.6 Å². The fourth-order valence-electron chi connectivity index (χ4n) is 8.38. The first kappa shape index (κ1) is 31.2. The fourth-order valence-corrected chi connectivity index (χ4v) is 8.38. The highest BCUT2D eigenvalue weighted by Crippen LogP contribution is 2.43. The summed E-state index contributed by atoms with van der Waals surface area (Å²) in [6, 6.07) is 74.0. The maximum Gasteiger partial charge on any atom is 0.136 e. The highest BCUT2D eigenvalue weighted by Gasteiger charge is 2.19. The van der Waals surface area contributed by atoms with Crippen LogP contribution in [-0.4, -0.2) is 4.57 Å². The first-order valence-electron chi connectivity index (χ1n) is 18.8. The second-order valence-corrected chi connectivity index (χ2v) is 14.2. The first-order valence-corrected chi connectivity index (χ1v) is 18.8. The summed E-state index contributed by atoms with van der Waals surface area (Å²) in [4.78, 5) is 2.34. The number of nitrogens with zero attached hydrogens (tertiary/aromatic N) is 2. The van der Waals surface area contributed by atoms with Gasteiger partial charge in [0.05, 0.1) is 11.0 Å². The molecule has 11 aromatic rings. The lowest BCUT2D eigenvalue weighted by Gasteiger charge is -2.26. The van der Waals surface area contributed by atoms with Crippen LogP contribution in [0.2, 0.25) is 0 Å². The molecule has 2 aromatic heterocycles. The first-order chi connectivity index (χ1) is 27.3. The van der Waals surface area contributed by atoms with E-state index >= 15 is 0 Å². The number of benzene rings is 9. The minimum atomic E-state index is 0.912. The summed E-state index contributed by atoms with van der Waals surface area (Å²) in [6.07, 6.45) is 0. The molecular weight excluding hydrogens is 669 g/mol. The molecule has 55 heavy (non-hydrogen) atoms. The Kier molecular flexibility index (Phi) is 7.17. The van der Waals surface area contributed by atoms with E-state index in [9.17, 15) is 0 Å². The molecule has 0 saturated carbocycles. The van der Waals surface area contributed by atoms with Crippen molar-refractivity contribution in [3.05, 3.63) is 206 Å². The third kappa shape index (κ3) is 5.20. The van der Waals surface area contributed by atoms with Crippen LogP contribution < -0.4 is 4.90 Å². The highest BCUT2D eigenvalue weighted by molar-refractivity contribution is 6.24. The molecule has 0 unspecified atom stereocenters. The lowest BCUT2D eigenvalue weighted by Crippen LogP contribution is -2.09. The van der Waals surface area contributed by atoms with Gasteiger partial charge in [0.1, 0.15) is 11.2 Å². The molecule has 2 heterocycles. The minimum absolute atomic E-state index is 0.912. The summed E-state index contributed by atoms with van der Waals surface area (Å²) in [6.45, 7) is 0. The molecule has 9 aromatic carbocycles. The molecule has 3 heteroatoms. The number of anilines is 3. The summed E-state index contributed by atoms with van der Waals surface area (Å²) in [5, 5.41) is 7.12. The molecule has 0 aliphatic heterocycles. The van der Waals surface area contributed by atoms with E-state index in [1.165, 1.54) is 43.9 Å². The molecule has 0 atom stereocenters. The number of furan rings is 1. The maximum atomic E-state index is 6.32. The van der Waals surface area contributed by atoms with Gasteiger partial charge in [0.2, 0.25) is 0 Å². The standard InChI is InChI=1S/C52H34N2O/c1-4-13-35(14-5-1)36-23-27-42(28-24-36)53(40-16-6-2-7-17-40)43-20-12-15-37(31-43)38-25-29-48-47(32-38)52-45-34-46-44-21-10-11-22-50(44)55-51(46)33-39(45)26-30-49(52)54(48)41-18-8-3-9-19-41/h1-34H. The molecule has 0 fully saturated rings. The van der Waals surface area contributed by atoms with E-state index in [1.54, 1.807) is 0 Å². The largest absolute Gasteiger partial charge is 0.456 e. The highest BCUT2D eigenvalue weighted by atomic mass is 16.3. The maximum absolute atomic E-state index is 6.32. The van der Waals surface area contributed by atoms with Crippen molar-refractivity contribution in [2.45, 2.75) is 0 Å². The van der Waals surface area contributed by atoms with Gasteiger partial charge in [0.15, 0.2) is 0 Å². The Morgan fingerprint density at radius 1 is 0.345 bits per heavy atom. The summed E-state index contributed by atoms with van der Waals surface area (Å²) in [5.74, 6) is 0. The molecule has 0 amide bonds. The summed E-state index contributed by atoms with van der Waals surface area (Å²) in [5.41, 5.74) is 13.4. The monoisotopic (exact) mass is 702 g/mol. The van der Waals surface area contributed by atoms with Gasteiger partial charge in [0.25, 0.3) is 0 Å². The molecule has 3 nitrogen and oxygen atoms in total. The van der Waals surface area contributed by atoms with Gasteiger partial charge in [-0.3, -0.25) is 0 Å². The number of rotatable bonds is 6. The smallest absolute Gasteiger partial charge is 0.136 e. The van der Waals surface area contributed by atoms with Gasteiger partial charge in [-0.15, -0.1) is 0 Å². The summed E-state index contributed by atoms with van der Waals surface area (Å²) in [7, 11) is 0. The van der Waals surface area contributed by atoms with Crippen LogP contribution >= 0.6 is 0 Å². The molecule has 11 rings (SSSR count). The Bertz CT molecular complexity index is 3180. The minimum Gasteiger partial charge on any atom is -0.456 e. The van der Waals surface area contributed by atoms with Crippen molar-refractivity contribution in [1.29, 1.82) is 0 Å². The van der Waals surface area contributed by atoms with Crippen LogP contribution in [0.1, 0.15) is 0 Å². The van der Waals surface area contributed by atoms with Crippen molar-refractivity contribution in [3.8, 4) is 27.9 Å². The lowest BCUT2D eigenvalue weighted by atomic mass is 9.98. The Morgan fingerprint density at radius 3 is 1.78 bits per heavy atom. The van der Waals surface area contributed by atoms with Crippen LogP contribution in [0.5, 0.6) is 0 Å². The van der Waals surface area contributed by atoms with Crippen molar-refractivity contribution in [3.63, 3.8) is 0 Å². The third-order valence-corrected chi connectivity index (χ3v) is 10.9. The molecule has 0 saturated heterocycles. The van der Waals surface area contributed by atoms with Crippen molar-refractivity contribution in [2.24, 2.45) is 0 Å². The number of aromatic nitrogens is 1. The third-order valence-electron chi connectivity index (χ3n) is 10.9. The fraction of sp³-hybridized carbons (Fsp3) is 0. The van der Waals surface area contributed by atoms with E-state index in [2.05, 4.69) is 210 Å². The number of hydrogen-bond acceptors (Lipinski definition) is 2. The van der Waals surface area contributed by atoms with Crippen molar-refractivity contribution < 1.29 is 4.42 Å². The molecule has 0 spiro atoms. The second-order valence-electron chi connectivity index (χ2n) is 14.2. The average Bonchev–Trinajstić information content (AvgIpc) is 3.79. The van der Waals surface area contributed by atoms with Gasteiger partial charge in [-0.05, 0) is 118 Å². The zero-order valence-corrected chi connectivity index (χ0v) is 29.9. The van der Waals surface area contributed by atoms with E-state index in [4.69, 9.17) is 4.42 Å². The Balaban J connectivity index is 1.10. The average molecular weight is 703 g/mol. The zero-order valence-electron chi connectivity index (χ0n) is 29.9. The Labute approximate surface area is 318 Å². The van der Waals surface area contributed by atoms with E-state index in [-0.39, 0.29) is 0 Å². The topological polar surface area (TPSA) is 21.3 Å². The lowest BCUT2D eigenvalue weighted by molar-refractivity contribution is 0.669. The van der Waals surface area contributed by atoms with Crippen molar-refractivity contribution in [2.75, 3.05) is 4.90 Å². The van der Waals surface area contributed by atoms with Crippen molar-refractivity contribution >= 4 is 71.6 Å². The second kappa shape index (κ2) is 12.6. The summed E-state index contributed by atoms with van der Waals surface area (Å²) >= 11 is 0. The molecule has 0 N–H and O–H groups in total. The molecule has 0 aliphatic carbocycles. The van der Waals surface area contributed by atoms with E-state index < -0.39 is 0 Å². The van der Waals surface area contributed by atoms with E-state index in [0.29, 0.717) is 0 Å². The quantitative estimate of drug-likeness (QED) is 0.172. The molecule has 0 radical (unpaired) electrons. The Morgan fingerprint density at radius 2 is 0.964 bits per heavy atom. The molecule has 0 bridgehead atoms. The molecule has 258 valence electrons. The van der Waals surface area contributed by atoms with E-state index in [1.807, 2.05) is 6.07 Å². The normalized spacial score (nSPS) is 11.6.